The van der Waals surface area contributed by atoms with Crippen molar-refractivity contribution in [1.29, 1.82) is 0 Å². The molecular weight excluding hydrogens is 629 g/mol. The summed E-state index contributed by atoms with van der Waals surface area (Å²) in [4.78, 5) is 0. The molecule has 0 aliphatic carbocycles. The van der Waals surface area contributed by atoms with E-state index in [4.69, 9.17) is 49.4 Å². The van der Waals surface area contributed by atoms with E-state index in [1.165, 1.54) is 0 Å². The van der Waals surface area contributed by atoms with Gasteiger partial charge in [-0.2, -0.15) is 0 Å². The van der Waals surface area contributed by atoms with E-state index in [2.05, 4.69) is 39.3 Å². The minimum absolute atomic E-state index is 1.61. The maximum atomic E-state index is 6.67. The highest BCUT2D eigenvalue weighted by Gasteiger charge is 2.72. The van der Waals surface area contributed by atoms with E-state index in [0.29, 0.717) is 0 Å². The Morgan fingerprint density at radius 3 is 0.686 bits per heavy atom. The lowest BCUT2D eigenvalue weighted by atomic mass is 11.9. The van der Waals surface area contributed by atoms with Crippen molar-refractivity contribution in [3.05, 3.63) is 0 Å². The first kappa shape index (κ1) is 31.2. The van der Waals surface area contributed by atoms with Crippen LogP contribution in [0.1, 0.15) is 0 Å². The van der Waals surface area contributed by atoms with Crippen molar-refractivity contribution in [1.82, 2.24) is 0 Å². The van der Waals surface area contributed by atoms with Crippen LogP contribution in [0.4, 0.5) is 0 Å². The highest BCUT2D eigenvalue weighted by molar-refractivity contribution is 6.98. The standard InChI is InChI=1S/C13H42O12Si10/c1-26(2)14-29(7)17-32(10)19-30(8,15-27(3)4)21-34(12)22-31(9,16-28(5)6)20-33(11,18-29)24-35(13,23-32)25-34/h26-28H,1-13H3. The Hall–Kier alpha value is 1.69. The SMILES string of the molecule is C[SiH](C)O[Si]1(C)O[Si]2(C)O[Si](C)(O[SiH](C)C)O[Si]3(C)O[Si](C)(O[SiH](C)C)O[Si](C)(O1)O[Si](C)(O2)O3. The second kappa shape index (κ2) is 10.3. The Labute approximate surface area is 222 Å². The lowest BCUT2D eigenvalue weighted by Crippen LogP contribution is -2.80. The molecule has 0 unspecified atom stereocenters. The molecule has 3 rings (SSSR count). The van der Waals surface area contributed by atoms with Crippen LogP contribution in [0.2, 0.25) is 85.1 Å². The zero-order valence-corrected chi connectivity index (χ0v) is 33.6. The van der Waals surface area contributed by atoms with Crippen molar-refractivity contribution >= 4 is 88.8 Å². The predicted molar refractivity (Wildman–Crippen MR) is 151 cm³/mol. The molecule has 0 aromatic carbocycles. The molecule has 0 atom stereocenters. The van der Waals surface area contributed by atoms with Crippen LogP contribution in [0.25, 0.3) is 0 Å². The molecule has 0 radical (unpaired) electrons. The minimum atomic E-state index is -3.50. The van der Waals surface area contributed by atoms with Crippen molar-refractivity contribution < 1.29 is 49.4 Å². The molecule has 0 N–H and O–H groups in total. The fourth-order valence-corrected chi connectivity index (χ4v) is 51.2. The van der Waals surface area contributed by atoms with Crippen molar-refractivity contribution in [2.75, 3.05) is 0 Å². The van der Waals surface area contributed by atoms with Gasteiger partial charge in [0.15, 0.2) is 27.1 Å². The van der Waals surface area contributed by atoms with Gasteiger partial charge in [0, 0.05) is 45.8 Å². The molecule has 0 saturated carbocycles. The zero-order chi connectivity index (χ0) is 26.7. The second-order valence-electron chi connectivity index (χ2n) is 10.5. The summed E-state index contributed by atoms with van der Waals surface area (Å²) in [5.41, 5.74) is 0. The van der Waals surface area contributed by atoms with Crippen LogP contribution in [0.3, 0.4) is 0 Å². The predicted octanol–water partition coefficient (Wildman–Crippen LogP) is 2.16. The van der Waals surface area contributed by atoms with Crippen molar-refractivity contribution in [2.24, 2.45) is 0 Å². The van der Waals surface area contributed by atoms with Gasteiger partial charge in [-0.1, -0.05) is 0 Å². The van der Waals surface area contributed by atoms with Gasteiger partial charge >= 0.3 is 61.6 Å². The summed E-state index contributed by atoms with van der Waals surface area (Å²) in [6, 6.07) is 0. The van der Waals surface area contributed by atoms with Crippen LogP contribution < -0.4 is 0 Å². The summed E-state index contributed by atoms with van der Waals surface area (Å²) in [6.45, 7) is 25.1. The van der Waals surface area contributed by atoms with Gasteiger partial charge in [-0.25, -0.2) is 0 Å². The van der Waals surface area contributed by atoms with Gasteiger partial charge in [-0.3, -0.25) is 0 Å². The maximum Gasteiger partial charge on any atom is 0.475 e. The highest BCUT2D eigenvalue weighted by atomic mass is 28.6. The third kappa shape index (κ3) is 8.11. The third-order valence-corrected chi connectivity index (χ3v) is 42.2. The van der Waals surface area contributed by atoms with Gasteiger partial charge in [0.2, 0.25) is 0 Å². The third-order valence-electron chi connectivity index (χ3n) is 4.69. The van der Waals surface area contributed by atoms with E-state index in [9.17, 15) is 0 Å². The van der Waals surface area contributed by atoms with E-state index in [1.807, 2.05) is 19.6 Å². The van der Waals surface area contributed by atoms with E-state index >= 15 is 0 Å². The molecular formula is C13H42O12Si10. The van der Waals surface area contributed by atoms with Crippen LogP contribution in [-0.4, -0.2) is 88.8 Å². The lowest BCUT2D eigenvalue weighted by Gasteiger charge is -2.55. The van der Waals surface area contributed by atoms with Gasteiger partial charge in [-0.15, -0.1) is 0 Å². The number of hydrogen-bond donors (Lipinski definition) is 0. The van der Waals surface area contributed by atoms with Gasteiger partial charge < -0.3 is 49.4 Å². The number of rotatable bonds is 6. The highest BCUT2D eigenvalue weighted by Crippen LogP contribution is 2.42. The first-order valence-corrected chi connectivity index (χ1v) is 35.9. The van der Waals surface area contributed by atoms with Gasteiger partial charge in [0.25, 0.3) is 0 Å². The summed E-state index contributed by atoms with van der Waals surface area (Å²) >= 11 is 0. The van der Waals surface area contributed by atoms with Gasteiger partial charge in [-0.05, 0) is 39.3 Å². The van der Waals surface area contributed by atoms with Crippen LogP contribution in [0.5, 0.6) is 0 Å². The van der Waals surface area contributed by atoms with Crippen LogP contribution in [0.15, 0.2) is 0 Å². The van der Waals surface area contributed by atoms with E-state index in [0.717, 1.165) is 0 Å². The van der Waals surface area contributed by atoms with E-state index in [-0.39, 0.29) is 0 Å². The fourth-order valence-electron chi connectivity index (χ4n) is 4.77. The summed E-state index contributed by atoms with van der Waals surface area (Å²) in [5.74, 6) is 0. The monoisotopic (exact) mass is 670 g/mol. The molecule has 0 aromatic heterocycles. The fraction of sp³-hybridized carbons (Fsp3) is 1.00. The zero-order valence-electron chi connectivity index (χ0n) is 23.1. The summed E-state index contributed by atoms with van der Waals surface area (Å²) < 4.78 is 79.1. The molecule has 3 aliphatic heterocycles. The molecule has 35 heavy (non-hydrogen) atoms. The first-order valence-electron chi connectivity index (χ1n) is 12.0. The summed E-state index contributed by atoms with van der Waals surface area (Å²) in [7, 11) is -29.0. The number of fused-ring (bicyclic) bond motifs is 3. The molecule has 0 spiro atoms. The molecule has 4 bridgehead atoms. The van der Waals surface area contributed by atoms with Gasteiger partial charge in [0.05, 0.1) is 0 Å². The van der Waals surface area contributed by atoms with Crippen LogP contribution in [0, 0.1) is 0 Å². The lowest BCUT2D eigenvalue weighted by molar-refractivity contribution is 0.0253. The largest absolute Gasteiger partial charge is 0.475 e. The Morgan fingerprint density at radius 2 is 0.514 bits per heavy atom. The second-order valence-corrected chi connectivity index (χ2v) is 39.0. The molecule has 12 nitrogen and oxygen atoms in total. The number of hydrogen-bond acceptors (Lipinski definition) is 12. The van der Waals surface area contributed by atoms with Crippen molar-refractivity contribution in [2.45, 2.75) is 85.1 Å². The maximum absolute atomic E-state index is 6.67. The van der Waals surface area contributed by atoms with Crippen molar-refractivity contribution in [3.8, 4) is 0 Å². The Balaban J connectivity index is 2.21. The minimum Gasteiger partial charge on any atom is -0.420 e. The van der Waals surface area contributed by atoms with Crippen molar-refractivity contribution in [3.63, 3.8) is 0 Å². The molecule has 3 fully saturated rings. The normalized spacial score (nSPS) is 49.0. The molecule has 206 valence electrons. The topological polar surface area (TPSA) is 111 Å². The average Bonchev–Trinajstić information content (AvgIpc) is 2.43. The van der Waals surface area contributed by atoms with E-state index in [1.54, 1.807) is 26.2 Å². The molecule has 3 saturated heterocycles. The average molecular weight is 671 g/mol. The summed E-state index contributed by atoms with van der Waals surface area (Å²) in [6.07, 6.45) is 0. The van der Waals surface area contributed by atoms with Gasteiger partial charge in [0.1, 0.15) is 0 Å². The quantitative estimate of drug-likeness (QED) is 0.386. The molecule has 3 heterocycles. The first-order chi connectivity index (χ1) is 15.6. The Morgan fingerprint density at radius 1 is 0.343 bits per heavy atom. The smallest absolute Gasteiger partial charge is 0.420 e. The molecule has 22 heteroatoms. The Kier molecular flexibility index (Phi) is 9.15. The summed E-state index contributed by atoms with van der Waals surface area (Å²) in [5, 5.41) is 0. The molecule has 0 amide bonds. The van der Waals surface area contributed by atoms with Crippen LogP contribution in [-0.2, 0) is 49.4 Å². The molecule has 0 aromatic rings. The van der Waals surface area contributed by atoms with Crippen LogP contribution >= 0.6 is 0 Å². The molecule has 3 aliphatic rings. The Bertz CT molecular complexity index is 656. The van der Waals surface area contributed by atoms with E-state index < -0.39 is 88.8 Å².